The molecule has 226 valence electrons. The van der Waals surface area contributed by atoms with Gasteiger partial charge in [-0.05, 0) is 62.3 Å². The standard InChI is InChI=1S/C32H40N8O3/c1-20-9-7-8-16-39(20)31-38-37-29-15-12-21(18-40(29)31)43-25-14-13-24(22-10-5-6-11-23(22)25)33-30(42)36-27-17-26(32(2,3)4)34-28(19-41)35-27/h5-6,10-12,15,17-18,20,24-25,41H,7-9,13-14,16,19H2,1-4H3,(H2,33,34,35,36,42)/t20-,24-,25+/m0/s1. The fourth-order valence-electron chi connectivity index (χ4n) is 6.03. The van der Waals surface area contributed by atoms with Gasteiger partial charge in [0, 0.05) is 24.1 Å². The number of aromatic nitrogens is 5. The third-order valence-corrected chi connectivity index (χ3v) is 8.36. The second-order valence-corrected chi connectivity index (χ2v) is 12.6. The average molecular weight is 585 g/mol. The summed E-state index contributed by atoms with van der Waals surface area (Å²) in [6, 6.07) is 13.6. The van der Waals surface area contributed by atoms with E-state index in [2.05, 4.69) is 48.7 Å². The Morgan fingerprint density at radius 2 is 1.86 bits per heavy atom. The maximum atomic E-state index is 13.1. The number of benzene rings is 1. The number of ether oxygens (including phenoxy) is 1. The van der Waals surface area contributed by atoms with E-state index in [0.29, 0.717) is 18.3 Å². The summed E-state index contributed by atoms with van der Waals surface area (Å²) in [7, 11) is 0. The Hall–Kier alpha value is -4.25. The maximum Gasteiger partial charge on any atom is 0.320 e. The van der Waals surface area contributed by atoms with E-state index in [1.807, 2.05) is 61.7 Å². The number of carbonyl (C=O) groups is 1. The molecule has 1 fully saturated rings. The zero-order valence-corrected chi connectivity index (χ0v) is 25.2. The van der Waals surface area contributed by atoms with Crippen LogP contribution in [0.5, 0.6) is 5.75 Å². The number of nitrogens with zero attached hydrogens (tertiary/aromatic N) is 6. The van der Waals surface area contributed by atoms with Crippen LogP contribution in [0.1, 0.15) is 94.6 Å². The summed E-state index contributed by atoms with van der Waals surface area (Å²) >= 11 is 0. The molecule has 1 aliphatic heterocycles. The van der Waals surface area contributed by atoms with Crippen LogP contribution >= 0.6 is 0 Å². The molecule has 1 saturated heterocycles. The van der Waals surface area contributed by atoms with Crippen molar-refractivity contribution < 1.29 is 14.6 Å². The van der Waals surface area contributed by atoms with E-state index < -0.39 is 0 Å². The van der Waals surface area contributed by atoms with E-state index >= 15 is 0 Å². The summed E-state index contributed by atoms with van der Waals surface area (Å²) in [6.45, 7) is 8.99. The highest BCUT2D eigenvalue weighted by Gasteiger charge is 2.30. The van der Waals surface area contributed by atoms with Gasteiger partial charge in [-0.25, -0.2) is 14.8 Å². The van der Waals surface area contributed by atoms with Gasteiger partial charge in [0.1, 0.15) is 24.3 Å². The molecule has 0 bridgehead atoms. The van der Waals surface area contributed by atoms with Crippen LogP contribution in [0.3, 0.4) is 0 Å². The first-order chi connectivity index (χ1) is 20.7. The highest BCUT2D eigenvalue weighted by atomic mass is 16.5. The van der Waals surface area contributed by atoms with Crippen molar-refractivity contribution in [3.8, 4) is 5.75 Å². The molecule has 3 N–H and O–H groups in total. The molecular weight excluding hydrogens is 544 g/mol. The summed E-state index contributed by atoms with van der Waals surface area (Å²) < 4.78 is 8.61. The van der Waals surface area contributed by atoms with Crippen molar-refractivity contribution in [2.45, 2.75) is 90.0 Å². The molecule has 0 spiro atoms. The van der Waals surface area contributed by atoms with Crippen molar-refractivity contribution in [3.05, 3.63) is 71.3 Å². The van der Waals surface area contributed by atoms with E-state index in [4.69, 9.17) is 4.74 Å². The Bertz CT molecular complexity index is 1610. The predicted molar refractivity (Wildman–Crippen MR) is 164 cm³/mol. The molecule has 43 heavy (non-hydrogen) atoms. The van der Waals surface area contributed by atoms with E-state index in [9.17, 15) is 9.90 Å². The summed E-state index contributed by atoms with van der Waals surface area (Å²) in [5, 5.41) is 24.5. The van der Waals surface area contributed by atoms with Crippen molar-refractivity contribution >= 4 is 23.4 Å². The minimum atomic E-state index is -0.362. The Morgan fingerprint density at radius 3 is 2.63 bits per heavy atom. The molecule has 11 heteroatoms. The van der Waals surface area contributed by atoms with Gasteiger partial charge in [0.2, 0.25) is 5.95 Å². The predicted octanol–water partition coefficient (Wildman–Crippen LogP) is 5.46. The fourth-order valence-corrected chi connectivity index (χ4v) is 6.03. The lowest BCUT2D eigenvalue weighted by atomic mass is 9.85. The molecule has 2 aliphatic rings. The number of hydrogen-bond donors (Lipinski definition) is 3. The van der Waals surface area contributed by atoms with E-state index in [0.717, 1.165) is 60.0 Å². The van der Waals surface area contributed by atoms with Crippen LogP contribution in [0.25, 0.3) is 5.65 Å². The van der Waals surface area contributed by atoms with Crippen LogP contribution < -0.4 is 20.3 Å². The molecule has 3 aromatic heterocycles. The Kier molecular flexibility index (Phi) is 7.91. The van der Waals surface area contributed by atoms with Crippen LogP contribution in [0, 0.1) is 0 Å². The van der Waals surface area contributed by atoms with Gasteiger partial charge in [-0.2, -0.15) is 0 Å². The first-order valence-corrected chi connectivity index (χ1v) is 15.1. The van der Waals surface area contributed by atoms with Gasteiger partial charge in [-0.3, -0.25) is 9.72 Å². The number of aliphatic hydroxyl groups excluding tert-OH is 1. The number of carbonyl (C=O) groups excluding carboxylic acids is 1. The Morgan fingerprint density at radius 1 is 1.05 bits per heavy atom. The first kappa shape index (κ1) is 28.9. The SMILES string of the molecule is C[C@H]1CCCCN1c1nnc2ccc(O[C@@H]3CC[C@H](NC(=O)Nc4cc(C(C)(C)C)nc(CO)n4)c4ccccc43)cn12. The minimum absolute atomic E-state index is 0.160. The molecular formula is C32H40N8O3. The zero-order valence-electron chi connectivity index (χ0n) is 25.2. The molecule has 4 aromatic rings. The number of urea groups is 1. The first-order valence-electron chi connectivity index (χ1n) is 15.1. The average Bonchev–Trinajstić information content (AvgIpc) is 3.41. The smallest absolute Gasteiger partial charge is 0.320 e. The van der Waals surface area contributed by atoms with Crippen molar-refractivity contribution in [2.24, 2.45) is 0 Å². The lowest BCUT2D eigenvalue weighted by Crippen LogP contribution is -2.38. The number of hydrogen-bond acceptors (Lipinski definition) is 8. The van der Waals surface area contributed by atoms with E-state index in [1.165, 1.54) is 6.42 Å². The largest absolute Gasteiger partial charge is 0.484 e. The Balaban J connectivity index is 1.18. The normalized spacial score (nSPS) is 20.5. The molecule has 11 nitrogen and oxygen atoms in total. The molecule has 0 unspecified atom stereocenters. The summed E-state index contributed by atoms with van der Waals surface area (Å²) in [5.41, 5.74) is 3.35. The van der Waals surface area contributed by atoms with Crippen molar-refractivity contribution in [2.75, 3.05) is 16.8 Å². The van der Waals surface area contributed by atoms with Crippen LogP contribution in [0.4, 0.5) is 16.6 Å². The number of nitrogens with one attached hydrogen (secondary N) is 2. The van der Waals surface area contributed by atoms with Crippen LogP contribution in [0.15, 0.2) is 48.7 Å². The summed E-state index contributed by atoms with van der Waals surface area (Å²) in [5.74, 6) is 2.24. The van der Waals surface area contributed by atoms with Gasteiger partial charge in [-0.15, -0.1) is 10.2 Å². The van der Waals surface area contributed by atoms with E-state index in [-0.39, 0.29) is 36.0 Å². The second kappa shape index (κ2) is 11.8. The number of piperidine rings is 1. The molecule has 1 aromatic carbocycles. The molecule has 0 radical (unpaired) electrons. The third kappa shape index (κ3) is 6.13. The maximum absolute atomic E-state index is 13.1. The number of rotatable bonds is 6. The van der Waals surface area contributed by atoms with Crippen molar-refractivity contribution in [3.63, 3.8) is 0 Å². The topological polar surface area (TPSA) is 130 Å². The molecule has 6 rings (SSSR count). The second-order valence-electron chi connectivity index (χ2n) is 12.6. The molecule has 0 saturated carbocycles. The molecule has 4 heterocycles. The van der Waals surface area contributed by atoms with Crippen LogP contribution in [-0.4, -0.2) is 48.3 Å². The highest BCUT2D eigenvalue weighted by molar-refractivity contribution is 5.88. The van der Waals surface area contributed by atoms with Crippen LogP contribution in [0.2, 0.25) is 0 Å². The highest BCUT2D eigenvalue weighted by Crippen LogP contribution is 2.39. The van der Waals surface area contributed by atoms with Crippen molar-refractivity contribution in [1.82, 2.24) is 29.9 Å². The van der Waals surface area contributed by atoms with Gasteiger partial charge in [0.15, 0.2) is 11.5 Å². The lowest BCUT2D eigenvalue weighted by molar-refractivity contribution is 0.171. The minimum Gasteiger partial charge on any atom is -0.484 e. The van der Waals surface area contributed by atoms with Gasteiger partial charge < -0.3 is 20.1 Å². The van der Waals surface area contributed by atoms with E-state index in [1.54, 1.807) is 6.07 Å². The van der Waals surface area contributed by atoms with Gasteiger partial charge in [0.25, 0.3) is 0 Å². The quantitative estimate of drug-likeness (QED) is 0.272. The lowest BCUT2D eigenvalue weighted by Gasteiger charge is -2.33. The zero-order chi connectivity index (χ0) is 30.1. The van der Waals surface area contributed by atoms with Gasteiger partial charge >= 0.3 is 6.03 Å². The number of amides is 2. The third-order valence-electron chi connectivity index (χ3n) is 8.36. The number of aliphatic hydroxyl groups is 1. The summed E-state index contributed by atoms with van der Waals surface area (Å²) in [4.78, 5) is 24.1. The van der Waals surface area contributed by atoms with Gasteiger partial charge in [-0.1, -0.05) is 45.0 Å². The number of pyridine rings is 1. The number of fused-ring (bicyclic) bond motifs is 2. The molecule has 1 aliphatic carbocycles. The molecule has 3 atom stereocenters. The van der Waals surface area contributed by atoms with Crippen LogP contribution in [-0.2, 0) is 12.0 Å². The Labute approximate surface area is 251 Å². The van der Waals surface area contributed by atoms with Crippen molar-refractivity contribution in [1.29, 1.82) is 0 Å². The number of anilines is 2. The fraction of sp³-hybridized carbons (Fsp3) is 0.469. The van der Waals surface area contributed by atoms with Gasteiger partial charge in [0.05, 0.1) is 17.9 Å². The monoisotopic (exact) mass is 584 g/mol. The summed E-state index contributed by atoms with van der Waals surface area (Å²) in [6.07, 6.45) is 6.81. The molecule has 2 amide bonds.